The molecule has 0 spiro atoms. The van der Waals surface area contributed by atoms with Crippen LogP contribution in [0.4, 0.5) is 0 Å². The summed E-state index contributed by atoms with van der Waals surface area (Å²) in [5, 5.41) is 7.63. The Morgan fingerprint density at radius 1 is 1.36 bits per heavy atom. The summed E-state index contributed by atoms with van der Waals surface area (Å²) in [6.07, 6.45) is 5.25. The average Bonchev–Trinajstić information content (AvgIpc) is 2.92. The van der Waals surface area contributed by atoms with E-state index in [1.165, 1.54) is 0 Å². The third kappa shape index (κ3) is 2.52. The van der Waals surface area contributed by atoms with Crippen LogP contribution in [0.5, 0.6) is 0 Å². The fourth-order valence-corrected chi connectivity index (χ4v) is 2.47. The molecule has 0 aliphatic rings. The van der Waals surface area contributed by atoms with Crippen LogP contribution in [-0.2, 0) is 6.42 Å². The van der Waals surface area contributed by atoms with E-state index in [1.54, 1.807) is 12.4 Å². The highest BCUT2D eigenvalue weighted by Crippen LogP contribution is 2.25. The molecule has 0 saturated carbocycles. The molecule has 3 heterocycles. The summed E-state index contributed by atoms with van der Waals surface area (Å²) >= 11 is 0. The van der Waals surface area contributed by atoms with Crippen LogP contribution in [0.3, 0.4) is 0 Å². The third-order valence-electron chi connectivity index (χ3n) is 4.02. The molecule has 3 rings (SSSR count). The summed E-state index contributed by atoms with van der Waals surface area (Å²) in [7, 11) is 0. The van der Waals surface area contributed by atoms with Crippen molar-refractivity contribution >= 4 is 11.0 Å². The third-order valence-corrected chi connectivity index (χ3v) is 4.02. The smallest absolute Gasteiger partial charge is 0.262 e. The van der Waals surface area contributed by atoms with Crippen molar-refractivity contribution in [3.05, 3.63) is 40.2 Å². The van der Waals surface area contributed by atoms with Gasteiger partial charge in [0.05, 0.1) is 5.69 Å². The first kappa shape index (κ1) is 14.4. The summed E-state index contributed by atoms with van der Waals surface area (Å²) in [4.78, 5) is 24.0. The molecule has 3 aromatic heterocycles. The number of hydrogen-bond acceptors (Lipinski definition) is 4. The molecule has 0 aliphatic heterocycles. The highest BCUT2D eigenvalue weighted by atomic mass is 16.1. The highest BCUT2D eigenvalue weighted by molar-refractivity contribution is 5.90. The number of nitrogens with one attached hydrogen (secondary N) is 2. The SMILES string of the molecule is CCC(C)Cc1nc2n[nH]c(-c3cnccc3C)c2c(=O)[nH]1. The second-order valence-corrected chi connectivity index (χ2v) is 5.72. The summed E-state index contributed by atoms with van der Waals surface area (Å²) in [6, 6.07) is 1.90. The molecule has 3 aromatic rings. The number of H-pyrrole nitrogens is 2. The zero-order valence-electron chi connectivity index (χ0n) is 13.0. The van der Waals surface area contributed by atoms with E-state index >= 15 is 0 Å². The number of aromatic nitrogens is 5. The Balaban J connectivity index is 2.13. The van der Waals surface area contributed by atoms with Gasteiger partial charge in [-0.15, -0.1) is 0 Å². The van der Waals surface area contributed by atoms with Crippen molar-refractivity contribution in [2.45, 2.75) is 33.6 Å². The molecule has 114 valence electrons. The molecule has 6 heteroatoms. The van der Waals surface area contributed by atoms with Gasteiger partial charge >= 0.3 is 0 Å². The van der Waals surface area contributed by atoms with E-state index in [4.69, 9.17) is 0 Å². The second-order valence-electron chi connectivity index (χ2n) is 5.72. The van der Waals surface area contributed by atoms with E-state index in [1.807, 2.05) is 13.0 Å². The molecule has 0 aromatic carbocycles. The fraction of sp³-hybridized carbons (Fsp3) is 0.375. The maximum Gasteiger partial charge on any atom is 0.262 e. The lowest BCUT2D eigenvalue weighted by molar-refractivity contribution is 0.543. The molecule has 0 fully saturated rings. The van der Waals surface area contributed by atoms with Crippen molar-refractivity contribution in [3.63, 3.8) is 0 Å². The zero-order chi connectivity index (χ0) is 15.7. The van der Waals surface area contributed by atoms with Gasteiger partial charge in [-0.2, -0.15) is 5.10 Å². The van der Waals surface area contributed by atoms with E-state index in [2.05, 4.69) is 39.0 Å². The molecule has 0 radical (unpaired) electrons. The zero-order valence-corrected chi connectivity index (χ0v) is 13.0. The van der Waals surface area contributed by atoms with Gasteiger partial charge in [0.15, 0.2) is 5.65 Å². The molecule has 0 bridgehead atoms. The Morgan fingerprint density at radius 3 is 2.91 bits per heavy atom. The second kappa shape index (κ2) is 5.71. The monoisotopic (exact) mass is 297 g/mol. The van der Waals surface area contributed by atoms with Gasteiger partial charge in [0.1, 0.15) is 11.2 Å². The first-order valence-corrected chi connectivity index (χ1v) is 7.48. The van der Waals surface area contributed by atoms with Gasteiger partial charge in [-0.25, -0.2) is 4.98 Å². The molecular formula is C16H19N5O. The van der Waals surface area contributed by atoms with Gasteiger partial charge in [-0.1, -0.05) is 20.3 Å². The predicted octanol–water partition coefficient (Wildman–Crippen LogP) is 2.61. The molecule has 1 atom stereocenters. The summed E-state index contributed by atoms with van der Waals surface area (Å²) in [6.45, 7) is 6.24. The Kier molecular flexibility index (Phi) is 3.75. The number of aryl methyl sites for hydroxylation is 1. The standard InChI is InChI=1S/C16H19N5O/c1-4-9(2)7-12-18-15-13(16(22)19-12)14(20-21-15)11-8-17-6-5-10(11)3/h5-6,8-9H,4,7H2,1-3H3,(H2,18,19,20,21,22). The van der Waals surface area contributed by atoms with E-state index in [0.29, 0.717) is 28.5 Å². The van der Waals surface area contributed by atoms with Crippen molar-refractivity contribution in [1.82, 2.24) is 25.1 Å². The van der Waals surface area contributed by atoms with Crippen LogP contribution in [0.2, 0.25) is 0 Å². The van der Waals surface area contributed by atoms with Crippen molar-refractivity contribution in [2.75, 3.05) is 0 Å². The van der Waals surface area contributed by atoms with E-state index in [0.717, 1.165) is 24.0 Å². The van der Waals surface area contributed by atoms with Gasteiger partial charge < -0.3 is 4.98 Å². The Bertz CT molecular complexity index is 864. The minimum atomic E-state index is -0.157. The maximum absolute atomic E-state index is 12.5. The summed E-state index contributed by atoms with van der Waals surface area (Å²) in [5.41, 5.74) is 2.87. The number of fused-ring (bicyclic) bond motifs is 1. The lowest BCUT2D eigenvalue weighted by Crippen LogP contribution is -2.14. The Hall–Kier alpha value is -2.50. The van der Waals surface area contributed by atoms with Gasteiger partial charge in [0, 0.05) is 24.4 Å². The van der Waals surface area contributed by atoms with Crippen LogP contribution in [0.1, 0.15) is 31.7 Å². The Labute approximate surface area is 128 Å². The summed E-state index contributed by atoms with van der Waals surface area (Å²) in [5.74, 6) is 1.16. The molecule has 6 nitrogen and oxygen atoms in total. The number of pyridine rings is 1. The van der Waals surface area contributed by atoms with Crippen molar-refractivity contribution in [3.8, 4) is 11.3 Å². The van der Waals surface area contributed by atoms with Gasteiger partial charge in [0.25, 0.3) is 5.56 Å². The van der Waals surface area contributed by atoms with Crippen LogP contribution in [0.15, 0.2) is 23.3 Å². The van der Waals surface area contributed by atoms with Gasteiger partial charge in [0.2, 0.25) is 0 Å². The summed E-state index contributed by atoms with van der Waals surface area (Å²) < 4.78 is 0. The molecule has 22 heavy (non-hydrogen) atoms. The van der Waals surface area contributed by atoms with Crippen LogP contribution in [-0.4, -0.2) is 25.1 Å². The lowest BCUT2D eigenvalue weighted by atomic mass is 10.0. The maximum atomic E-state index is 12.5. The minimum absolute atomic E-state index is 0.157. The predicted molar refractivity (Wildman–Crippen MR) is 85.6 cm³/mol. The number of hydrogen-bond donors (Lipinski definition) is 2. The van der Waals surface area contributed by atoms with Gasteiger partial charge in [-0.3, -0.25) is 14.9 Å². The van der Waals surface area contributed by atoms with E-state index in [9.17, 15) is 4.79 Å². The van der Waals surface area contributed by atoms with Gasteiger partial charge in [-0.05, 0) is 24.5 Å². The van der Waals surface area contributed by atoms with Crippen molar-refractivity contribution in [1.29, 1.82) is 0 Å². The molecule has 0 amide bonds. The molecule has 1 unspecified atom stereocenters. The molecular weight excluding hydrogens is 278 g/mol. The van der Waals surface area contributed by atoms with Crippen LogP contribution in [0, 0.1) is 12.8 Å². The first-order valence-electron chi connectivity index (χ1n) is 7.48. The number of nitrogens with zero attached hydrogens (tertiary/aromatic N) is 3. The van der Waals surface area contributed by atoms with Crippen LogP contribution >= 0.6 is 0 Å². The van der Waals surface area contributed by atoms with Crippen molar-refractivity contribution < 1.29 is 0 Å². The highest BCUT2D eigenvalue weighted by Gasteiger charge is 2.16. The molecule has 0 aliphatic carbocycles. The van der Waals surface area contributed by atoms with Crippen LogP contribution in [0.25, 0.3) is 22.3 Å². The minimum Gasteiger partial charge on any atom is -0.310 e. The van der Waals surface area contributed by atoms with E-state index < -0.39 is 0 Å². The molecule has 2 N–H and O–H groups in total. The fourth-order valence-electron chi connectivity index (χ4n) is 2.47. The van der Waals surface area contributed by atoms with Crippen LogP contribution < -0.4 is 5.56 Å². The normalized spacial score (nSPS) is 12.7. The number of aromatic amines is 2. The largest absolute Gasteiger partial charge is 0.310 e. The van der Waals surface area contributed by atoms with E-state index in [-0.39, 0.29) is 5.56 Å². The number of rotatable bonds is 4. The van der Waals surface area contributed by atoms with Crippen molar-refractivity contribution in [2.24, 2.45) is 5.92 Å². The Morgan fingerprint density at radius 2 is 2.18 bits per heavy atom. The molecule has 0 saturated heterocycles. The first-order chi connectivity index (χ1) is 10.6. The quantitative estimate of drug-likeness (QED) is 0.775. The lowest BCUT2D eigenvalue weighted by Gasteiger charge is -2.07. The topological polar surface area (TPSA) is 87.3 Å². The average molecular weight is 297 g/mol.